The molecule has 184 valence electrons. The van der Waals surface area contributed by atoms with Crippen LogP contribution in [0.5, 0.6) is 0 Å². The monoisotopic (exact) mass is 479 g/mol. The summed E-state index contributed by atoms with van der Waals surface area (Å²) in [7, 11) is 0. The van der Waals surface area contributed by atoms with Crippen LogP contribution in [0.1, 0.15) is 58.5 Å². The van der Waals surface area contributed by atoms with E-state index in [1.165, 1.54) is 35.0 Å². The number of nitrogens with one attached hydrogen (secondary N) is 2. The number of amides is 1. The molecule has 3 N–H and O–H groups in total. The van der Waals surface area contributed by atoms with Gasteiger partial charge in [-0.3, -0.25) is 9.78 Å². The van der Waals surface area contributed by atoms with Crippen molar-refractivity contribution in [1.29, 1.82) is 0 Å². The number of fused-ring (bicyclic) bond motifs is 1. The highest BCUT2D eigenvalue weighted by atomic mass is 19.1. The minimum Gasteiger partial charge on any atom is -0.390 e. The molecule has 3 atom stereocenters. The van der Waals surface area contributed by atoms with Crippen LogP contribution in [-0.2, 0) is 19.3 Å². The third-order valence-electron chi connectivity index (χ3n) is 6.56. The average Bonchev–Trinajstić information content (AvgIpc) is 2.86. The lowest BCUT2D eigenvalue weighted by molar-refractivity contribution is 0.0818. The summed E-state index contributed by atoms with van der Waals surface area (Å²) in [6, 6.07) is 14.1. The van der Waals surface area contributed by atoms with Gasteiger partial charge in [0, 0.05) is 24.8 Å². The van der Waals surface area contributed by atoms with Gasteiger partial charge in [-0.25, -0.2) is 8.78 Å². The molecule has 0 spiro atoms. The highest BCUT2D eigenvalue weighted by Crippen LogP contribution is 2.30. The van der Waals surface area contributed by atoms with Crippen LogP contribution in [0.15, 0.2) is 60.8 Å². The molecule has 2 aromatic carbocycles. The summed E-state index contributed by atoms with van der Waals surface area (Å²) in [5.41, 5.74) is 4.39. The fourth-order valence-corrected chi connectivity index (χ4v) is 4.69. The molecule has 1 aliphatic carbocycles. The van der Waals surface area contributed by atoms with E-state index in [1.54, 1.807) is 18.2 Å². The molecule has 1 amide bonds. The van der Waals surface area contributed by atoms with Crippen molar-refractivity contribution in [1.82, 2.24) is 15.6 Å². The number of aliphatic hydroxyl groups excluding tert-OH is 1. The molecule has 0 aliphatic heterocycles. The normalized spacial score (nSPS) is 16.9. The summed E-state index contributed by atoms with van der Waals surface area (Å²) in [5.74, 6) is -1.86. The lowest BCUT2D eigenvalue weighted by Gasteiger charge is -2.30. The number of benzene rings is 2. The Hall–Kier alpha value is -3.16. The Balaban J connectivity index is 1.50. The number of halogens is 2. The molecular formula is C28H31F2N3O2. The lowest BCUT2D eigenvalue weighted by atomic mass is 9.86. The molecule has 0 unspecified atom stereocenters. The highest BCUT2D eigenvalue weighted by molar-refractivity contribution is 5.92. The highest BCUT2D eigenvalue weighted by Gasteiger charge is 2.26. The Labute approximate surface area is 204 Å². The van der Waals surface area contributed by atoms with Crippen molar-refractivity contribution in [2.24, 2.45) is 0 Å². The molecule has 4 rings (SSSR count). The number of rotatable bonds is 9. The predicted molar refractivity (Wildman–Crippen MR) is 131 cm³/mol. The van der Waals surface area contributed by atoms with Crippen LogP contribution in [0.3, 0.4) is 0 Å². The van der Waals surface area contributed by atoms with Crippen LogP contribution < -0.4 is 10.6 Å². The van der Waals surface area contributed by atoms with Crippen molar-refractivity contribution in [3.63, 3.8) is 0 Å². The van der Waals surface area contributed by atoms with Crippen LogP contribution in [0.4, 0.5) is 8.78 Å². The molecule has 5 nitrogen and oxygen atoms in total. The van der Waals surface area contributed by atoms with E-state index in [-0.39, 0.29) is 24.7 Å². The van der Waals surface area contributed by atoms with Gasteiger partial charge in [0.2, 0.25) is 0 Å². The summed E-state index contributed by atoms with van der Waals surface area (Å²) in [6.45, 7) is 2.34. The fraction of sp³-hybridized carbons (Fsp3) is 0.357. The fourth-order valence-electron chi connectivity index (χ4n) is 4.69. The summed E-state index contributed by atoms with van der Waals surface area (Å²) >= 11 is 0. The van der Waals surface area contributed by atoms with E-state index >= 15 is 0 Å². The topological polar surface area (TPSA) is 74.2 Å². The molecule has 0 saturated heterocycles. The molecule has 1 heterocycles. The Kier molecular flexibility index (Phi) is 8.21. The predicted octanol–water partition coefficient (Wildman–Crippen LogP) is 4.29. The zero-order valence-electron chi connectivity index (χ0n) is 19.8. The van der Waals surface area contributed by atoms with Gasteiger partial charge in [-0.1, -0.05) is 31.2 Å². The Morgan fingerprint density at radius 1 is 1.11 bits per heavy atom. The van der Waals surface area contributed by atoms with Gasteiger partial charge in [0.1, 0.15) is 17.3 Å². The van der Waals surface area contributed by atoms with Gasteiger partial charge in [-0.15, -0.1) is 0 Å². The standard InChI is InChI=1S/C28H31F2N3O2/c1-2-18-9-10-20-6-5-8-24(23(20)14-18)32-17-27(34)26(15-19-12-21(29)16-22(30)13-19)33-28(35)25-7-3-4-11-31-25/h3-4,7,9-14,16,24,26-27,32,34H,2,5-6,8,15,17H2,1H3,(H,33,35)/t24-,26+,27-/m1/s1. The lowest BCUT2D eigenvalue weighted by Crippen LogP contribution is -2.49. The molecule has 0 saturated carbocycles. The molecule has 3 aromatic rings. The summed E-state index contributed by atoms with van der Waals surface area (Å²) in [5, 5.41) is 17.4. The summed E-state index contributed by atoms with van der Waals surface area (Å²) < 4.78 is 27.6. The second-order valence-electron chi connectivity index (χ2n) is 9.08. The van der Waals surface area contributed by atoms with Crippen molar-refractivity contribution < 1.29 is 18.7 Å². The number of pyridine rings is 1. The van der Waals surface area contributed by atoms with Crippen LogP contribution >= 0.6 is 0 Å². The van der Waals surface area contributed by atoms with Crippen LogP contribution in [0.2, 0.25) is 0 Å². The second kappa shape index (κ2) is 11.5. The smallest absolute Gasteiger partial charge is 0.270 e. The van der Waals surface area contributed by atoms with Gasteiger partial charge in [-0.2, -0.15) is 0 Å². The van der Waals surface area contributed by atoms with Gasteiger partial charge >= 0.3 is 0 Å². The molecule has 7 heteroatoms. The first-order chi connectivity index (χ1) is 16.9. The van der Waals surface area contributed by atoms with E-state index in [9.17, 15) is 18.7 Å². The van der Waals surface area contributed by atoms with E-state index in [1.807, 2.05) is 0 Å². The largest absolute Gasteiger partial charge is 0.390 e. The van der Waals surface area contributed by atoms with E-state index in [0.29, 0.717) is 5.56 Å². The molecule has 35 heavy (non-hydrogen) atoms. The van der Waals surface area contributed by atoms with E-state index < -0.39 is 29.7 Å². The first-order valence-electron chi connectivity index (χ1n) is 12.1. The maximum absolute atomic E-state index is 13.8. The number of aryl methyl sites for hydroxylation is 2. The number of carbonyl (C=O) groups is 1. The minimum atomic E-state index is -0.992. The van der Waals surface area contributed by atoms with Crippen molar-refractivity contribution >= 4 is 5.91 Å². The number of hydrogen-bond donors (Lipinski definition) is 3. The van der Waals surface area contributed by atoms with Crippen molar-refractivity contribution in [2.75, 3.05) is 6.54 Å². The van der Waals surface area contributed by atoms with Gasteiger partial charge in [0.05, 0.1) is 12.1 Å². The summed E-state index contributed by atoms with van der Waals surface area (Å²) in [6.07, 6.45) is 4.57. The number of carbonyl (C=O) groups excluding carboxylic acids is 1. The van der Waals surface area contributed by atoms with Crippen LogP contribution in [0.25, 0.3) is 0 Å². The van der Waals surface area contributed by atoms with Crippen molar-refractivity contribution in [3.8, 4) is 0 Å². The number of aliphatic hydroxyl groups is 1. The van der Waals surface area contributed by atoms with E-state index in [2.05, 4.69) is 40.7 Å². The van der Waals surface area contributed by atoms with E-state index in [0.717, 1.165) is 31.7 Å². The molecule has 0 fully saturated rings. The van der Waals surface area contributed by atoms with E-state index in [4.69, 9.17) is 0 Å². The first kappa shape index (κ1) is 24.9. The number of nitrogens with zero attached hydrogens (tertiary/aromatic N) is 1. The van der Waals surface area contributed by atoms with Crippen LogP contribution in [0, 0.1) is 11.6 Å². The summed E-state index contributed by atoms with van der Waals surface area (Å²) in [4.78, 5) is 16.8. The Bertz CT molecular complexity index is 1140. The average molecular weight is 480 g/mol. The second-order valence-corrected chi connectivity index (χ2v) is 9.08. The molecule has 0 bridgehead atoms. The maximum atomic E-state index is 13.8. The first-order valence-corrected chi connectivity index (χ1v) is 12.1. The van der Waals surface area contributed by atoms with Gasteiger partial charge < -0.3 is 15.7 Å². The Morgan fingerprint density at radius 3 is 2.63 bits per heavy atom. The van der Waals surface area contributed by atoms with Crippen molar-refractivity contribution in [2.45, 2.75) is 57.2 Å². The molecule has 1 aromatic heterocycles. The quantitative estimate of drug-likeness (QED) is 0.428. The Morgan fingerprint density at radius 2 is 1.91 bits per heavy atom. The van der Waals surface area contributed by atoms with Gasteiger partial charge in [-0.05, 0) is 78.6 Å². The third kappa shape index (κ3) is 6.50. The maximum Gasteiger partial charge on any atom is 0.270 e. The minimum absolute atomic E-state index is 0.0668. The molecule has 1 aliphatic rings. The SMILES string of the molecule is CCc1ccc2c(c1)[C@H](NC[C@@H](O)[C@H](Cc1cc(F)cc(F)c1)NC(=O)c1ccccn1)CCC2. The van der Waals surface area contributed by atoms with Gasteiger partial charge in [0.15, 0.2) is 0 Å². The van der Waals surface area contributed by atoms with Gasteiger partial charge in [0.25, 0.3) is 5.91 Å². The van der Waals surface area contributed by atoms with Crippen LogP contribution in [-0.4, -0.2) is 34.7 Å². The zero-order chi connectivity index (χ0) is 24.8. The zero-order valence-corrected chi connectivity index (χ0v) is 19.8. The number of aromatic nitrogens is 1. The number of hydrogen-bond acceptors (Lipinski definition) is 4. The molecule has 0 radical (unpaired) electrons. The third-order valence-corrected chi connectivity index (χ3v) is 6.56. The molecular weight excluding hydrogens is 448 g/mol. The van der Waals surface area contributed by atoms with Crippen molar-refractivity contribution in [3.05, 3.63) is 100 Å².